The van der Waals surface area contributed by atoms with Gasteiger partial charge in [0, 0.05) is 43.1 Å². The molecule has 0 unspecified atom stereocenters. The molecule has 3 N–H and O–H groups in total. The van der Waals surface area contributed by atoms with Crippen LogP contribution in [0.5, 0.6) is 11.5 Å². The molecule has 1 fully saturated rings. The number of rotatable bonds is 4. The summed E-state index contributed by atoms with van der Waals surface area (Å²) in [5.41, 5.74) is 0.207. The van der Waals surface area contributed by atoms with E-state index in [1.807, 2.05) is 0 Å². The molecule has 1 heterocycles. The van der Waals surface area contributed by atoms with Crippen LogP contribution >= 0.6 is 11.6 Å². The number of phenols is 2. The van der Waals surface area contributed by atoms with Crippen molar-refractivity contribution in [2.75, 3.05) is 19.0 Å². The largest absolute Gasteiger partial charge is 0.508 e. The highest BCUT2D eigenvalue weighted by atomic mass is 35.5. The van der Waals surface area contributed by atoms with Gasteiger partial charge < -0.3 is 20.4 Å². The van der Waals surface area contributed by atoms with Gasteiger partial charge >= 0.3 is 0 Å². The van der Waals surface area contributed by atoms with Gasteiger partial charge in [-0.25, -0.2) is 0 Å². The van der Waals surface area contributed by atoms with Crippen LogP contribution in [0.15, 0.2) is 18.2 Å². The summed E-state index contributed by atoms with van der Waals surface area (Å²) in [6, 6.07) is 3.73. The van der Waals surface area contributed by atoms with E-state index in [9.17, 15) is 19.8 Å². The summed E-state index contributed by atoms with van der Waals surface area (Å²) >= 11 is 5.56. The highest BCUT2D eigenvalue weighted by molar-refractivity contribution is 6.18. The van der Waals surface area contributed by atoms with Crippen molar-refractivity contribution in [3.05, 3.63) is 23.8 Å². The van der Waals surface area contributed by atoms with Gasteiger partial charge in [-0.3, -0.25) is 9.59 Å². The van der Waals surface area contributed by atoms with Gasteiger partial charge in [0.15, 0.2) is 0 Å². The summed E-state index contributed by atoms with van der Waals surface area (Å²) < 4.78 is 0. The first kappa shape index (κ1) is 16.4. The number of piperidine rings is 1. The molecule has 0 atom stereocenters. The lowest BCUT2D eigenvalue weighted by atomic mass is 10.0. The first-order valence-electron chi connectivity index (χ1n) is 7.17. The third-order valence-corrected chi connectivity index (χ3v) is 3.84. The molecule has 0 saturated carbocycles. The molecule has 0 spiro atoms. The maximum Gasteiger partial charge on any atom is 0.251 e. The first-order chi connectivity index (χ1) is 10.5. The molecule has 0 aliphatic carbocycles. The van der Waals surface area contributed by atoms with Crippen molar-refractivity contribution in [3.8, 4) is 11.5 Å². The average Bonchev–Trinajstić information content (AvgIpc) is 2.47. The van der Waals surface area contributed by atoms with Gasteiger partial charge in [0.1, 0.15) is 11.5 Å². The summed E-state index contributed by atoms with van der Waals surface area (Å²) in [6.07, 6.45) is 1.68. The number of hydrogen-bond acceptors (Lipinski definition) is 4. The second kappa shape index (κ2) is 7.35. The Morgan fingerprint density at radius 2 is 1.77 bits per heavy atom. The minimum Gasteiger partial charge on any atom is -0.508 e. The fourth-order valence-electron chi connectivity index (χ4n) is 2.51. The predicted octanol–water partition coefficient (Wildman–Crippen LogP) is 1.45. The zero-order chi connectivity index (χ0) is 16.1. The predicted molar refractivity (Wildman–Crippen MR) is 82.2 cm³/mol. The third kappa shape index (κ3) is 4.27. The number of benzene rings is 1. The van der Waals surface area contributed by atoms with Gasteiger partial charge in [0.05, 0.1) is 0 Å². The van der Waals surface area contributed by atoms with Crippen molar-refractivity contribution in [1.82, 2.24) is 10.2 Å². The van der Waals surface area contributed by atoms with E-state index >= 15 is 0 Å². The average molecular weight is 327 g/mol. The van der Waals surface area contributed by atoms with E-state index in [4.69, 9.17) is 11.6 Å². The fraction of sp³-hybridized carbons (Fsp3) is 0.467. The highest BCUT2D eigenvalue weighted by Gasteiger charge is 2.24. The smallest absolute Gasteiger partial charge is 0.251 e. The molecule has 1 aliphatic heterocycles. The summed E-state index contributed by atoms with van der Waals surface area (Å²) in [7, 11) is 0. The van der Waals surface area contributed by atoms with Gasteiger partial charge in [-0.15, -0.1) is 11.6 Å². The number of hydrogen-bond donors (Lipinski definition) is 3. The third-order valence-electron chi connectivity index (χ3n) is 3.66. The number of carbonyl (C=O) groups is 2. The van der Waals surface area contributed by atoms with Gasteiger partial charge in [0.2, 0.25) is 5.91 Å². The Bertz CT molecular complexity index is 536. The molecule has 22 heavy (non-hydrogen) atoms. The molecule has 7 heteroatoms. The molecule has 1 saturated heterocycles. The number of nitrogens with zero attached hydrogens (tertiary/aromatic N) is 1. The Morgan fingerprint density at radius 3 is 2.32 bits per heavy atom. The normalized spacial score (nSPS) is 15.6. The maximum atomic E-state index is 12.1. The monoisotopic (exact) mass is 326 g/mol. The van der Waals surface area contributed by atoms with E-state index < -0.39 is 0 Å². The molecular weight excluding hydrogens is 308 g/mol. The molecular formula is C15H19ClN2O4. The van der Waals surface area contributed by atoms with Crippen LogP contribution in [0.25, 0.3) is 0 Å². The second-order valence-electron chi connectivity index (χ2n) is 5.31. The van der Waals surface area contributed by atoms with Crippen molar-refractivity contribution in [2.24, 2.45) is 0 Å². The second-order valence-corrected chi connectivity index (χ2v) is 5.68. The van der Waals surface area contributed by atoms with Crippen LogP contribution in [0, 0.1) is 0 Å². The van der Waals surface area contributed by atoms with E-state index in [1.165, 1.54) is 12.1 Å². The zero-order valence-corrected chi connectivity index (χ0v) is 12.8. The van der Waals surface area contributed by atoms with Crippen LogP contribution in [0.2, 0.25) is 0 Å². The lowest BCUT2D eigenvalue weighted by molar-refractivity contribution is -0.131. The van der Waals surface area contributed by atoms with E-state index in [0.29, 0.717) is 38.2 Å². The number of halogens is 1. The fourth-order valence-corrected chi connectivity index (χ4v) is 2.67. The standard InChI is InChI=1S/C15H19ClN2O4/c16-4-1-14(21)18-5-2-11(3-6-18)17-15(22)10-7-12(19)9-13(20)8-10/h7-9,11,19-20H,1-6H2,(H,17,22). The van der Waals surface area contributed by atoms with Crippen LogP contribution in [0.3, 0.4) is 0 Å². The van der Waals surface area contributed by atoms with E-state index in [2.05, 4.69) is 5.32 Å². The Kier molecular flexibility index (Phi) is 5.49. The Hall–Kier alpha value is -1.95. The number of nitrogens with one attached hydrogen (secondary N) is 1. The maximum absolute atomic E-state index is 12.1. The topological polar surface area (TPSA) is 89.9 Å². The molecule has 0 radical (unpaired) electrons. The number of phenolic OH excluding ortho intramolecular Hbond substituents is 2. The first-order valence-corrected chi connectivity index (χ1v) is 7.70. The minimum atomic E-state index is -0.350. The Morgan fingerprint density at radius 1 is 1.18 bits per heavy atom. The van der Waals surface area contributed by atoms with E-state index in [1.54, 1.807) is 4.90 Å². The van der Waals surface area contributed by atoms with E-state index in [0.717, 1.165) is 6.07 Å². The summed E-state index contributed by atoms with van der Waals surface area (Å²) in [5.74, 6) is -0.316. The van der Waals surface area contributed by atoms with Crippen LogP contribution in [0.4, 0.5) is 0 Å². The molecule has 1 aromatic rings. The molecule has 0 bridgehead atoms. The van der Waals surface area contributed by atoms with Gasteiger partial charge in [-0.2, -0.15) is 0 Å². The van der Waals surface area contributed by atoms with Crippen molar-refractivity contribution in [3.63, 3.8) is 0 Å². The number of amides is 2. The van der Waals surface area contributed by atoms with Crippen molar-refractivity contribution < 1.29 is 19.8 Å². The van der Waals surface area contributed by atoms with Gasteiger partial charge in [0.25, 0.3) is 5.91 Å². The molecule has 0 aromatic heterocycles. The molecule has 120 valence electrons. The molecule has 1 aliphatic rings. The van der Waals surface area contributed by atoms with E-state index in [-0.39, 0.29) is 34.9 Å². The lowest BCUT2D eigenvalue weighted by Crippen LogP contribution is -2.46. The molecule has 2 rings (SSSR count). The number of carbonyl (C=O) groups excluding carboxylic acids is 2. The quantitative estimate of drug-likeness (QED) is 0.730. The van der Waals surface area contributed by atoms with Crippen molar-refractivity contribution >= 4 is 23.4 Å². The van der Waals surface area contributed by atoms with Gasteiger partial charge in [-0.1, -0.05) is 0 Å². The highest BCUT2D eigenvalue weighted by Crippen LogP contribution is 2.21. The van der Waals surface area contributed by atoms with Crippen LogP contribution < -0.4 is 5.32 Å². The van der Waals surface area contributed by atoms with Gasteiger partial charge in [-0.05, 0) is 25.0 Å². The summed E-state index contributed by atoms with van der Waals surface area (Å²) in [4.78, 5) is 25.6. The van der Waals surface area contributed by atoms with Crippen LogP contribution in [-0.4, -0.2) is 51.9 Å². The van der Waals surface area contributed by atoms with Crippen LogP contribution in [0.1, 0.15) is 29.6 Å². The zero-order valence-electron chi connectivity index (χ0n) is 12.1. The molecule has 2 amide bonds. The summed E-state index contributed by atoms with van der Waals surface area (Å²) in [6.45, 7) is 1.18. The number of alkyl halides is 1. The molecule has 1 aromatic carbocycles. The lowest BCUT2D eigenvalue weighted by Gasteiger charge is -2.32. The number of aromatic hydroxyl groups is 2. The number of likely N-dealkylation sites (tertiary alicyclic amines) is 1. The SMILES string of the molecule is O=C(NC1CCN(C(=O)CCCl)CC1)c1cc(O)cc(O)c1. The minimum absolute atomic E-state index is 0.0305. The Labute approximate surface area is 133 Å². The molecule has 6 nitrogen and oxygen atoms in total. The van der Waals surface area contributed by atoms with Crippen LogP contribution in [-0.2, 0) is 4.79 Å². The van der Waals surface area contributed by atoms with Crippen molar-refractivity contribution in [1.29, 1.82) is 0 Å². The summed E-state index contributed by atoms with van der Waals surface area (Å²) in [5, 5.41) is 21.7. The van der Waals surface area contributed by atoms with Crippen molar-refractivity contribution in [2.45, 2.75) is 25.3 Å². The Balaban J connectivity index is 1.88.